The summed E-state index contributed by atoms with van der Waals surface area (Å²) in [6, 6.07) is 26.2. The summed E-state index contributed by atoms with van der Waals surface area (Å²) >= 11 is 0. The highest BCUT2D eigenvalue weighted by Crippen LogP contribution is 2.37. The molecule has 2 heterocycles. The minimum atomic E-state index is -0.148. The lowest BCUT2D eigenvalue weighted by molar-refractivity contribution is -0.151. The van der Waals surface area contributed by atoms with Crippen molar-refractivity contribution in [3.05, 3.63) is 96.2 Å². The van der Waals surface area contributed by atoms with Crippen molar-refractivity contribution in [2.75, 3.05) is 19.7 Å². The number of amides is 1. The van der Waals surface area contributed by atoms with E-state index in [1.54, 1.807) is 0 Å². The van der Waals surface area contributed by atoms with E-state index in [9.17, 15) is 9.59 Å². The van der Waals surface area contributed by atoms with Crippen LogP contribution in [0.15, 0.2) is 85.1 Å². The van der Waals surface area contributed by atoms with Crippen molar-refractivity contribution in [1.29, 1.82) is 0 Å². The molecule has 1 amide bonds. The number of nitrogens with zero attached hydrogens (tertiary/aromatic N) is 2. The molecule has 1 aliphatic heterocycles. The van der Waals surface area contributed by atoms with Crippen molar-refractivity contribution in [3.63, 3.8) is 0 Å². The fourth-order valence-electron chi connectivity index (χ4n) is 5.57. The zero-order chi connectivity index (χ0) is 27.2. The topological polar surface area (TPSA) is 60.8 Å². The first-order chi connectivity index (χ1) is 19.1. The number of likely N-dealkylation sites (tertiary alicyclic amines) is 1. The molecule has 1 atom stereocenters. The third-order valence-electron chi connectivity index (χ3n) is 7.62. The number of carbonyl (C=O) groups excluding carboxylic acids is 2. The molecule has 1 saturated heterocycles. The fraction of sp³-hybridized carbons (Fsp3) is 0.333. The van der Waals surface area contributed by atoms with Crippen molar-refractivity contribution in [3.8, 4) is 11.5 Å². The molecule has 3 aromatic carbocycles. The average Bonchev–Trinajstić information content (AvgIpc) is 3.35. The predicted octanol–water partition coefficient (Wildman–Crippen LogP) is 6.78. The van der Waals surface area contributed by atoms with Gasteiger partial charge in [-0.2, -0.15) is 0 Å². The molecule has 4 aromatic rings. The first kappa shape index (κ1) is 26.5. The molecule has 202 valence electrons. The summed E-state index contributed by atoms with van der Waals surface area (Å²) < 4.78 is 13.6. The van der Waals surface area contributed by atoms with E-state index in [2.05, 4.69) is 54.1 Å². The molecule has 1 aliphatic rings. The van der Waals surface area contributed by atoms with E-state index in [0.29, 0.717) is 39.0 Å². The molecule has 6 nitrogen and oxygen atoms in total. The van der Waals surface area contributed by atoms with Gasteiger partial charge in [-0.05, 0) is 68.1 Å². The fourth-order valence-corrected chi connectivity index (χ4v) is 5.57. The Hall–Kier alpha value is -4.06. The van der Waals surface area contributed by atoms with Gasteiger partial charge in [0, 0.05) is 49.1 Å². The monoisotopic (exact) mass is 524 g/mol. The first-order valence-electron chi connectivity index (χ1n) is 13.9. The van der Waals surface area contributed by atoms with Gasteiger partial charge in [0.2, 0.25) is 5.91 Å². The standard InChI is InChI=1S/C33H36N2O4/c1-3-34-23-30(28-15-8-9-16-31(28)34)29(22-32(36)35-19-17-24(18-20-35)33(37)38-4-2)25-11-10-14-27(21-25)39-26-12-6-5-7-13-26/h5-16,21,23-24,29H,3-4,17-20,22H2,1-2H3. The second-order valence-corrected chi connectivity index (χ2v) is 10.0. The van der Waals surface area contributed by atoms with Gasteiger partial charge < -0.3 is 18.9 Å². The Bertz CT molecular complexity index is 1420. The molecule has 6 heteroatoms. The highest BCUT2D eigenvalue weighted by atomic mass is 16.5. The number of ether oxygens (including phenoxy) is 2. The smallest absolute Gasteiger partial charge is 0.309 e. The number of hydrogen-bond donors (Lipinski definition) is 0. The van der Waals surface area contributed by atoms with Crippen molar-refractivity contribution in [2.45, 2.75) is 45.6 Å². The number of para-hydroxylation sites is 2. The van der Waals surface area contributed by atoms with Crippen LogP contribution in [0.5, 0.6) is 11.5 Å². The third-order valence-corrected chi connectivity index (χ3v) is 7.62. The van der Waals surface area contributed by atoms with Gasteiger partial charge >= 0.3 is 5.97 Å². The quantitative estimate of drug-likeness (QED) is 0.227. The summed E-state index contributed by atoms with van der Waals surface area (Å²) in [6.07, 6.45) is 3.83. The lowest BCUT2D eigenvalue weighted by Crippen LogP contribution is -2.41. The number of esters is 1. The van der Waals surface area contributed by atoms with Gasteiger partial charge in [-0.3, -0.25) is 9.59 Å². The first-order valence-corrected chi connectivity index (χ1v) is 13.9. The van der Waals surface area contributed by atoms with Crippen LogP contribution in [0, 0.1) is 5.92 Å². The van der Waals surface area contributed by atoms with Crippen LogP contribution in [-0.4, -0.2) is 41.0 Å². The maximum atomic E-state index is 13.7. The molecule has 1 aromatic heterocycles. The van der Waals surface area contributed by atoms with Crippen LogP contribution in [-0.2, 0) is 20.9 Å². The van der Waals surface area contributed by atoms with Gasteiger partial charge in [0.25, 0.3) is 0 Å². The number of hydrogen-bond acceptors (Lipinski definition) is 4. The number of benzene rings is 3. The molecule has 0 saturated carbocycles. The van der Waals surface area contributed by atoms with Crippen LogP contribution < -0.4 is 4.74 Å². The van der Waals surface area contributed by atoms with Gasteiger partial charge in [0.15, 0.2) is 0 Å². The van der Waals surface area contributed by atoms with Crippen molar-refractivity contribution in [2.24, 2.45) is 5.92 Å². The molecule has 1 fully saturated rings. The van der Waals surface area contributed by atoms with E-state index < -0.39 is 0 Å². The number of carbonyl (C=O) groups is 2. The van der Waals surface area contributed by atoms with E-state index in [4.69, 9.17) is 9.47 Å². The zero-order valence-electron chi connectivity index (χ0n) is 22.7. The van der Waals surface area contributed by atoms with Crippen molar-refractivity contribution >= 4 is 22.8 Å². The Kier molecular flexibility index (Phi) is 8.30. The van der Waals surface area contributed by atoms with E-state index in [1.807, 2.05) is 54.3 Å². The number of fused-ring (bicyclic) bond motifs is 1. The van der Waals surface area contributed by atoms with Crippen LogP contribution >= 0.6 is 0 Å². The lowest BCUT2D eigenvalue weighted by Gasteiger charge is -2.32. The van der Waals surface area contributed by atoms with Crippen LogP contribution in [0.1, 0.15) is 50.2 Å². The Morgan fingerprint density at radius 1 is 0.897 bits per heavy atom. The van der Waals surface area contributed by atoms with Gasteiger partial charge in [0.05, 0.1) is 12.5 Å². The van der Waals surface area contributed by atoms with Gasteiger partial charge in [0.1, 0.15) is 11.5 Å². The molecule has 0 radical (unpaired) electrons. The molecule has 39 heavy (non-hydrogen) atoms. The molecule has 0 spiro atoms. The minimum absolute atomic E-state index is 0.102. The molecule has 0 bridgehead atoms. The van der Waals surface area contributed by atoms with E-state index in [0.717, 1.165) is 34.6 Å². The number of aryl methyl sites for hydroxylation is 1. The van der Waals surface area contributed by atoms with E-state index in [1.165, 1.54) is 5.52 Å². The molecule has 1 unspecified atom stereocenters. The molecular weight excluding hydrogens is 488 g/mol. The molecular formula is C33H36N2O4. The van der Waals surface area contributed by atoms with Gasteiger partial charge in [-0.15, -0.1) is 0 Å². The van der Waals surface area contributed by atoms with Crippen LogP contribution in [0.25, 0.3) is 10.9 Å². The van der Waals surface area contributed by atoms with Crippen molar-refractivity contribution in [1.82, 2.24) is 9.47 Å². The SMILES string of the molecule is CCOC(=O)C1CCN(C(=O)CC(c2cccc(Oc3ccccc3)c2)c2cn(CC)c3ccccc23)CC1. The summed E-state index contributed by atoms with van der Waals surface area (Å²) in [5.41, 5.74) is 3.34. The van der Waals surface area contributed by atoms with E-state index in [-0.39, 0.29) is 23.7 Å². The largest absolute Gasteiger partial charge is 0.466 e. The maximum Gasteiger partial charge on any atom is 0.309 e. The molecule has 0 N–H and O–H groups in total. The summed E-state index contributed by atoms with van der Waals surface area (Å²) in [7, 11) is 0. The average molecular weight is 525 g/mol. The van der Waals surface area contributed by atoms with Crippen LogP contribution in [0.3, 0.4) is 0 Å². The Morgan fingerprint density at radius 3 is 2.36 bits per heavy atom. The predicted molar refractivity (Wildman–Crippen MR) is 153 cm³/mol. The maximum absolute atomic E-state index is 13.7. The number of piperidine rings is 1. The number of rotatable bonds is 9. The Balaban J connectivity index is 1.44. The van der Waals surface area contributed by atoms with E-state index >= 15 is 0 Å². The van der Waals surface area contributed by atoms with Gasteiger partial charge in [-0.1, -0.05) is 48.5 Å². The summed E-state index contributed by atoms with van der Waals surface area (Å²) in [5, 5.41) is 1.16. The Morgan fingerprint density at radius 2 is 1.62 bits per heavy atom. The highest BCUT2D eigenvalue weighted by Gasteiger charge is 2.30. The second kappa shape index (κ2) is 12.2. The highest BCUT2D eigenvalue weighted by molar-refractivity contribution is 5.87. The summed E-state index contributed by atoms with van der Waals surface area (Å²) in [4.78, 5) is 27.8. The zero-order valence-corrected chi connectivity index (χ0v) is 22.7. The lowest BCUT2D eigenvalue weighted by atomic mass is 9.87. The molecule has 5 rings (SSSR count). The summed E-state index contributed by atoms with van der Waals surface area (Å²) in [6.45, 7) is 6.34. The number of aromatic nitrogens is 1. The van der Waals surface area contributed by atoms with Crippen molar-refractivity contribution < 1.29 is 19.1 Å². The van der Waals surface area contributed by atoms with Crippen LogP contribution in [0.2, 0.25) is 0 Å². The Labute approximate surface area is 230 Å². The van der Waals surface area contributed by atoms with Crippen LogP contribution in [0.4, 0.5) is 0 Å². The third kappa shape index (κ3) is 6.00. The second-order valence-electron chi connectivity index (χ2n) is 10.0. The van der Waals surface area contributed by atoms with Gasteiger partial charge in [-0.25, -0.2) is 0 Å². The summed E-state index contributed by atoms with van der Waals surface area (Å²) in [5.74, 6) is 1.20. The molecule has 0 aliphatic carbocycles. The normalized spacial score (nSPS) is 14.8. The minimum Gasteiger partial charge on any atom is -0.466 e.